The summed E-state index contributed by atoms with van der Waals surface area (Å²) in [4.78, 5) is 0. The van der Waals surface area contributed by atoms with Crippen LogP contribution in [0.25, 0.3) is 0 Å². The highest BCUT2D eigenvalue weighted by Crippen LogP contribution is 2.20. The lowest BCUT2D eigenvalue weighted by atomic mass is 9.99. The summed E-state index contributed by atoms with van der Waals surface area (Å²) in [5, 5.41) is 7.04. The minimum Gasteiger partial charge on any atom is -0.496 e. The van der Waals surface area contributed by atoms with Gasteiger partial charge in [-0.3, -0.25) is 0 Å². The molecule has 0 aliphatic carbocycles. The van der Waals surface area contributed by atoms with Crippen LogP contribution in [0.2, 0.25) is 0 Å². The molecule has 3 heteroatoms. The van der Waals surface area contributed by atoms with Crippen molar-refractivity contribution in [1.82, 2.24) is 10.6 Å². The van der Waals surface area contributed by atoms with Crippen LogP contribution in [0.1, 0.15) is 30.9 Å². The van der Waals surface area contributed by atoms with Crippen molar-refractivity contribution in [3.05, 3.63) is 29.3 Å². The van der Waals surface area contributed by atoms with Gasteiger partial charge in [0.05, 0.1) is 7.11 Å². The highest BCUT2D eigenvalue weighted by Gasteiger charge is 2.12. The fraction of sp³-hybridized carbons (Fsp3) is 0.625. The van der Waals surface area contributed by atoms with Crippen LogP contribution in [0.5, 0.6) is 5.75 Å². The van der Waals surface area contributed by atoms with Crippen molar-refractivity contribution < 1.29 is 4.74 Å². The van der Waals surface area contributed by atoms with Gasteiger partial charge in [0, 0.05) is 6.54 Å². The zero-order chi connectivity index (χ0) is 13.5. The Morgan fingerprint density at radius 3 is 3.00 bits per heavy atom. The van der Waals surface area contributed by atoms with Crippen molar-refractivity contribution in [3.63, 3.8) is 0 Å². The quantitative estimate of drug-likeness (QED) is 0.825. The molecule has 2 rings (SSSR count). The molecule has 1 aliphatic heterocycles. The number of methoxy groups -OCH3 is 1. The lowest BCUT2D eigenvalue weighted by Crippen LogP contribution is -2.35. The third kappa shape index (κ3) is 4.22. The van der Waals surface area contributed by atoms with Gasteiger partial charge in [0.15, 0.2) is 0 Å². The van der Waals surface area contributed by atoms with Crippen molar-refractivity contribution in [2.75, 3.05) is 26.7 Å². The fourth-order valence-electron chi connectivity index (χ4n) is 2.74. The third-order valence-electron chi connectivity index (χ3n) is 3.89. The van der Waals surface area contributed by atoms with Gasteiger partial charge in [-0.15, -0.1) is 0 Å². The van der Waals surface area contributed by atoms with Crippen LogP contribution in [-0.2, 0) is 13.0 Å². The molecule has 1 unspecified atom stereocenters. The van der Waals surface area contributed by atoms with E-state index in [2.05, 4.69) is 35.8 Å². The van der Waals surface area contributed by atoms with Crippen LogP contribution in [0.15, 0.2) is 18.2 Å². The standard InChI is InChI=1S/C16H26N2O/c1-3-15-9-13(6-7-16(15)19-2)10-18-12-14-5-4-8-17-11-14/h6-7,9,14,17-18H,3-5,8,10-12H2,1-2H3. The van der Waals surface area contributed by atoms with E-state index in [0.717, 1.165) is 37.7 Å². The summed E-state index contributed by atoms with van der Waals surface area (Å²) in [6, 6.07) is 6.49. The monoisotopic (exact) mass is 262 g/mol. The molecule has 0 amide bonds. The second kappa shape index (κ2) is 7.51. The molecule has 1 heterocycles. The largest absolute Gasteiger partial charge is 0.496 e. The summed E-state index contributed by atoms with van der Waals surface area (Å²) in [6.07, 6.45) is 3.68. The number of ether oxygens (including phenoxy) is 1. The molecule has 0 saturated carbocycles. The molecule has 1 saturated heterocycles. The second-order valence-electron chi connectivity index (χ2n) is 5.34. The van der Waals surface area contributed by atoms with E-state index in [-0.39, 0.29) is 0 Å². The van der Waals surface area contributed by atoms with E-state index in [9.17, 15) is 0 Å². The molecule has 19 heavy (non-hydrogen) atoms. The molecule has 2 N–H and O–H groups in total. The normalized spacial score (nSPS) is 19.4. The molecular weight excluding hydrogens is 236 g/mol. The van der Waals surface area contributed by atoms with Gasteiger partial charge in [-0.25, -0.2) is 0 Å². The average molecular weight is 262 g/mol. The minimum atomic E-state index is 0.789. The first-order valence-corrected chi connectivity index (χ1v) is 7.40. The average Bonchev–Trinajstić information content (AvgIpc) is 2.48. The number of hydrogen-bond donors (Lipinski definition) is 2. The topological polar surface area (TPSA) is 33.3 Å². The lowest BCUT2D eigenvalue weighted by molar-refractivity contribution is 0.360. The Hall–Kier alpha value is -1.06. The number of piperidine rings is 1. The Kier molecular flexibility index (Phi) is 5.67. The summed E-state index contributed by atoms with van der Waals surface area (Å²) in [6.45, 7) is 6.58. The van der Waals surface area contributed by atoms with Crippen molar-refractivity contribution in [2.24, 2.45) is 5.92 Å². The Morgan fingerprint density at radius 1 is 1.42 bits per heavy atom. The molecule has 0 spiro atoms. The van der Waals surface area contributed by atoms with Crippen LogP contribution >= 0.6 is 0 Å². The van der Waals surface area contributed by atoms with E-state index < -0.39 is 0 Å². The summed E-state index contributed by atoms with van der Waals surface area (Å²) in [7, 11) is 1.74. The van der Waals surface area contributed by atoms with Crippen molar-refractivity contribution in [2.45, 2.75) is 32.7 Å². The Bertz CT molecular complexity index is 386. The first-order chi connectivity index (χ1) is 9.33. The van der Waals surface area contributed by atoms with Crippen molar-refractivity contribution >= 4 is 0 Å². The fourth-order valence-corrected chi connectivity index (χ4v) is 2.74. The third-order valence-corrected chi connectivity index (χ3v) is 3.89. The van der Waals surface area contributed by atoms with Gasteiger partial charge >= 0.3 is 0 Å². The number of hydrogen-bond acceptors (Lipinski definition) is 3. The predicted molar refractivity (Wildman–Crippen MR) is 79.7 cm³/mol. The van der Waals surface area contributed by atoms with Gasteiger partial charge in [-0.1, -0.05) is 19.1 Å². The maximum absolute atomic E-state index is 5.36. The van der Waals surface area contributed by atoms with Crippen LogP contribution in [0.4, 0.5) is 0 Å². The molecule has 0 bridgehead atoms. The molecule has 3 nitrogen and oxygen atoms in total. The smallest absolute Gasteiger partial charge is 0.122 e. The van der Waals surface area contributed by atoms with Gasteiger partial charge in [0.25, 0.3) is 0 Å². The molecular formula is C16H26N2O. The van der Waals surface area contributed by atoms with E-state index in [1.54, 1.807) is 7.11 Å². The van der Waals surface area contributed by atoms with Gasteiger partial charge in [0.1, 0.15) is 5.75 Å². The van der Waals surface area contributed by atoms with Gasteiger partial charge in [0.2, 0.25) is 0 Å². The van der Waals surface area contributed by atoms with E-state index >= 15 is 0 Å². The molecule has 106 valence electrons. The van der Waals surface area contributed by atoms with Gasteiger partial charge in [-0.05, 0) is 62.0 Å². The van der Waals surface area contributed by atoms with Gasteiger partial charge in [-0.2, -0.15) is 0 Å². The van der Waals surface area contributed by atoms with Crippen molar-refractivity contribution in [3.8, 4) is 5.75 Å². The summed E-state index contributed by atoms with van der Waals surface area (Å²) in [5.74, 6) is 1.79. The highest BCUT2D eigenvalue weighted by atomic mass is 16.5. The summed E-state index contributed by atoms with van der Waals surface area (Å²) >= 11 is 0. The number of nitrogens with one attached hydrogen (secondary N) is 2. The van der Waals surface area contributed by atoms with Crippen LogP contribution in [0, 0.1) is 5.92 Å². The molecule has 1 fully saturated rings. The molecule has 1 aromatic rings. The molecule has 0 aromatic heterocycles. The zero-order valence-electron chi connectivity index (χ0n) is 12.2. The second-order valence-corrected chi connectivity index (χ2v) is 5.34. The van der Waals surface area contributed by atoms with Crippen LogP contribution in [0.3, 0.4) is 0 Å². The summed E-state index contributed by atoms with van der Waals surface area (Å²) < 4.78 is 5.36. The highest BCUT2D eigenvalue weighted by molar-refractivity contribution is 5.37. The Balaban J connectivity index is 1.81. The van der Waals surface area contributed by atoms with Crippen molar-refractivity contribution in [1.29, 1.82) is 0 Å². The van der Waals surface area contributed by atoms with E-state index in [1.807, 2.05) is 0 Å². The predicted octanol–water partition coefficient (Wildman–Crippen LogP) is 2.35. The maximum atomic E-state index is 5.36. The minimum absolute atomic E-state index is 0.789. The Morgan fingerprint density at radius 2 is 2.32 bits per heavy atom. The maximum Gasteiger partial charge on any atom is 0.122 e. The van der Waals surface area contributed by atoms with Crippen LogP contribution < -0.4 is 15.4 Å². The zero-order valence-corrected chi connectivity index (χ0v) is 12.2. The van der Waals surface area contributed by atoms with E-state index in [0.29, 0.717) is 0 Å². The van der Waals surface area contributed by atoms with Crippen LogP contribution in [-0.4, -0.2) is 26.7 Å². The molecule has 1 aliphatic rings. The molecule has 1 atom stereocenters. The van der Waals surface area contributed by atoms with E-state index in [4.69, 9.17) is 4.74 Å². The number of aryl methyl sites for hydroxylation is 1. The molecule has 0 radical (unpaired) electrons. The first-order valence-electron chi connectivity index (χ1n) is 7.40. The first kappa shape index (κ1) is 14.4. The van der Waals surface area contributed by atoms with E-state index in [1.165, 1.54) is 30.5 Å². The number of benzene rings is 1. The number of rotatable bonds is 6. The lowest BCUT2D eigenvalue weighted by Gasteiger charge is -2.23. The SMILES string of the molecule is CCc1cc(CNCC2CCCNC2)ccc1OC. The Labute approximate surface area is 116 Å². The van der Waals surface area contributed by atoms with Gasteiger partial charge < -0.3 is 15.4 Å². The molecule has 1 aromatic carbocycles. The summed E-state index contributed by atoms with van der Waals surface area (Å²) in [5.41, 5.74) is 2.64.